The van der Waals surface area contributed by atoms with Gasteiger partial charge in [0.25, 0.3) is 0 Å². The van der Waals surface area contributed by atoms with Gasteiger partial charge >= 0.3 is 6.61 Å². The molecular formula is C16H23F2NO2. The van der Waals surface area contributed by atoms with Gasteiger partial charge in [-0.15, -0.1) is 0 Å². The average Bonchev–Trinajstić information content (AvgIpc) is 2.44. The minimum Gasteiger partial charge on any atom is -0.493 e. The number of benzene rings is 1. The summed E-state index contributed by atoms with van der Waals surface area (Å²) in [6.45, 7) is 4.20. The second-order valence-corrected chi connectivity index (χ2v) is 4.98. The van der Waals surface area contributed by atoms with Crippen LogP contribution < -0.4 is 14.8 Å². The molecule has 21 heavy (non-hydrogen) atoms. The van der Waals surface area contributed by atoms with E-state index in [1.54, 1.807) is 12.1 Å². The van der Waals surface area contributed by atoms with Gasteiger partial charge < -0.3 is 14.8 Å². The molecule has 1 aromatic rings. The molecule has 0 amide bonds. The molecule has 1 aromatic carbocycles. The Bertz CT molecular complexity index is 473. The molecule has 1 rings (SSSR count). The summed E-state index contributed by atoms with van der Waals surface area (Å²) in [4.78, 5) is 0. The highest BCUT2D eigenvalue weighted by Gasteiger charge is 2.10. The zero-order valence-corrected chi connectivity index (χ0v) is 13.0. The smallest absolute Gasteiger partial charge is 0.387 e. The van der Waals surface area contributed by atoms with Crippen molar-refractivity contribution in [3.05, 3.63) is 29.3 Å². The summed E-state index contributed by atoms with van der Waals surface area (Å²) < 4.78 is 34.1. The van der Waals surface area contributed by atoms with E-state index >= 15 is 0 Å². The Hall–Kier alpha value is -1.62. The molecule has 0 heterocycles. The van der Waals surface area contributed by atoms with Gasteiger partial charge in [0.1, 0.15) is 0 Å². The molecule has 0 aromatic heterocycles. The highest BCUT2D eigenvalue weighted by molar-refractivity contribution is 5.58. The molecule has 0 aliphatic carbocycles. The maximum absolute atomic E-state index is 12.3. The van der Waals surface area contributed by atoms with Gasteiger partial charge in [0.15, 0.2) is 11.5 Å². The van der Waals surface area contributed by atoms with Gasteiger partial charge in [-0.2, -0.15) is 8.78 Å². The van der Waals surface area contributed by atoms with Gasteiger partial charge in [-0.25, -0.2) is 0 Å². The number of ether oxygens (including phenoxy) is 2. The van der Waals surface area contributed by atoms with Crippen molar-refractivity contribution in [3.8, 4) is 11.5 Å². The fraction of sp³-hybridized carbons (Fsp3) is 0.500. The van der Waals surface area contributed by atoms with Crippen molar-refractivity contribution in [1.29, 1.82) is 0 Å². The van der Waals surface area contributed by atoms with Crippen LogP contribution in [0.5, 0.6) is 11.5 Å². The first-order valence-electron chi connectivity index (χ1n) is 7.02. The standard InChI is InChI=1S/C16H23F2NO2/c1-5-12(10-19-11(2)3)8-13-6-7-14(21-16(17)18)15(9-13)20-4/h6-9,11,16,19H,5,10H2,1-4H3. The van der Waals surface area contributed by atoms with Crippen molar-refractivity contribution in [2.75, 3.05) is 13.7 Å². The van der Waals surface area contributed by atoms with Gasteiger partial charge in [-0.3, -0.25) is 0 Å². The lowest BCUT2D eigenvalue weighted by Gasteiger charge is -2.12. The second kappa shape index (κ2) is 8.62. The number of hydrogen-bond donors (Lipinski definition) is 1. The Kier molecular flexibility index (Phi) is 7.15. The molecule has 0 saturated heterocycles. The van der Waals surface area contributed by atoms with Crippen molar-refractivity contribution >= 4 is 6.08 Å². The molecule has 0 spiro atoms. The van der Waals surface area contributed by atoms with E-state index in [4.69, 9.17) is 4.74 Å². The number of methoxy groups -OCH3 is 1. The minimum absolute atomic E-state index is 0.0444. The van der Waals surface area contributed by atoms with E-state index in [-0.39, 0.29) is 5.75 Å². The third-order valence-electron chi connectivity index (χ3n) is 2.97. The zero-order valence-electron chi connectivity index (χ0n) is 13.0. The lowest BCUT2D eigenvalue weighted by molar-refractivity contribution is -0.0512. The van der Waals surface area contributed by atoms with Crippen LogP contribution in [0, 0.1) is 0 Å². The van der Waals surface area contributed by atoms with Crippen LogP contribution in [-0.2, 0) is 0 Å². The van der Waals surface area contributed by atoms with Crippen LogP contribution in [0.4, 0.5) is 8.78 Å². The Morgan fingerprint density at radius 3 is 2.52 bits per heavy atom. The maximum Gasteiger partial charge on any atom is 0.387 e. The lowest BCUT2D eigenvalue weighted by atomic mass is 10.1. The Labute approximate surface area is 124 Å². The molecule has 0 aliphatic heterocycles. The summed E-state index contributed by atoms with van der Waals surface area (Å²) in [5.41, 5.74) is 2.13. The molecule has 0 aliphatic rings. The van der Waals surface area contributed by atoms with Crippen molar-refractivity contribution in [1.82, 2.24) is 5.32 Å². The number of hydrogen-bond acceptors (Lipinski definition) is 3. The van der Waals surface area contributed by atoms with E-state index in [0.29, 0.717) is 11.8 Å². The number of halogens is 2. The SMILES string of the molecule is CCC(=Cc1ccc(OC(F)F)c(OC)c1)CNC(C)C. The largest absolute Gasteiger partial charge is 0.493 e. The van der Waals surface area contributed by atoms with E-state index in [1.807, 2.05) is 6.08 Å². The van der Waals surface area contributed by atoms with Crippen molar-refractivity contribution in [2.24, 2.45) is 0 Å². The van der Waals surface area contributed by atoms with Crippen LogP contribution in [-0.4, -0.2) is 26.3 Å². The van der Waals surface area contributed by atoms with Gasteiger partial charge in [0, 0.05) is 12.6 Å². The monoisotopic (exact) mass is 299 g/mol. The summed E-state index contributed by atoms with van der Waals surface area (Å²) >= 11 is 0. The van der Waals surface area contributed by atoms with Crippen LogP contribution in [0.2, 0.25) is 0 Å². The topological polar surface area (TPSA) is 30.5 Å². The number of alkyl halides is 2. The normalized spacial score (nSPS) is 12.1. The van der Waals surface area contributed by atoms with Gasteiger partial charge in [0.05, 0.1) is 7.11 Å². The number of nitrogens with one attached hydrogen (secondary N) is 1. The quantitative estimate of drug-likeness (QED) is 0.784. The first kappa shape index (κ1) is 17.4. The van der Waals surface area contributed by atoms with Gasteiger partial charge in [0.2, 0.25) is 0 Å². The fourth-order valence-electron chi connectivity index (χ4n) is 1.82. The minimum atomic E-state index is -2.86. The molecule has 3 nitrogen and oxygen atoms in total. The second-order valence-electron chi connectivity index (χ2n) is 4.98. The Morgan fingerprint density at radius 2 is 2.00 bits per heavy atom. The first-order valence-corrected chi connectivity index (χ1v) is 7.02. The molecule has 0 saturated carbocycles. The highest BCUT2D eigenvalue weighted by Crippen LogP contribution is 2.30. The fourth-order valence-corrected chi connectivity index (χ4v) is 1.82. The van der Waals surface area contributed by atoms with Crippen molar-refractivity contribution in [2.45, 2.75) is 39.8 Å². The summed E-state index contributed by atoms with van der Waals surface area (Å²) in [5, 5.41) is 3.36. The summed E-state index contributed by atoms with van der Waals surface area (Å²) in [7, 11) is 1.43. The highest BCUT2D eigenvalue weighted by atomic mass is 19.3. The molecule has 1 N–H and O–H groups in total. The zero-order chi connectivity index (χ0) is 15.8. The van der Waals surface area contributed by atoms with E-state index in [9.17, 15) is 8.78 Å². The summed E-state index contributed by atoms with van der Waals surface area (Å²) in [6.07, 6.45) is 2.95. The predicted molar refractivity (Wildman–Crippen MR) is 81.0 cm³/mol. The van der Waals surface area contributed by atoms with Crippen LogP contribution >= 0.6 is 0 Å². The van der Waals surface area contributed by atoms with Crippen LogP contribution in [0.3, 0.4) is 0 Å². The third kappa shape index (κ3) is 6.12. The van der Waals surface area contributed by atoms with Gasteiger partial charge in [-0.1, -0.05) is 38.5 Å². The average molecular weight is 299 g/mol. The number of rotatable bonds is 8. The molecule has 0 unspecified atom stereocenters. The van der Waals surface area contributed by atoms with Crippen molar-refractivity contribution < 1.29 is 18.3 Å². The van der Waals surface area contributed by atoms with Crippen LogP contribution in [0.25, 0.3) is 6.08 Å². The summed E-state index contributed by atoms with van der Waals surface area (Å²) in [5.74, 6) is 0.347. The van der Waals surface area contributed by atoms with E-state index in [1.165, 1.54) is 18.7 Å². The van der Waals surface area contributed by atoms with Gasteiger partial charge in [-0.05, 0) is 24.1 Å². The van der Waals surface area contributed by atoms with Crippen LogP contribution in [0.1, 0.15) is 32.8 Å². The molecule has 118 valence electrons. The Balaban J connectivity index is 2.91. The third-order valence-corrected chi connectivity index (χ3v) is 2.97. The summed E-state index contributed by atoms with van der Waals surface area (Å²) in [6, 6.07) is 5.35. The molecule has 0 fully saturated rings. The molecule has 0 bridgehead atoms. The molecule has 5 heteroatoms. The van der Waals surface area contributed by atoms with E-state index < -0.39 is 6.61 Å². The Morgan fingerprint density at radius 1 is 1.29 bits per heavy atom. The first-order chi connectivity index (χ1) is 9.96. The molecule has 0 radical (unpaired) electrons. The molecule has 0 atom stereocenters. The maximum atomic E-state index is 12.3. The van der Waals surface area contributed by atoms with Crippen molar-refractivity contribution in [3.63, 3.8) is 0 Å². The van der Waals surface area contributed by atoms with E-state index in [0.717, 1.165) is 18.5 Å². The predicted octanol–water partition coefficient (Wildman–Crippen LogP) is 4.09. The van der Waals surface area contributed by atoms with E-state index in [2.05, 4.69) is 30.8 Å². The molecular weight excluding hydrogens is 276 g/mol. The lowest BCUT2D eigenvalue weighted by Crippen LogP contribution is -2.24. The van der Waals surface area contributed by atoms with Crippen LogP contribution in [0.15, 0.2) is 23.8 Å².